The monoisotopic (exact) mass is 298 g/mol. The van der Waals surface area contributed by atoms with Gasteiger partial charge in [-0.25, -0.2) is 18.4 Å². The maximum Gasteiger partial charge on any atom is 0.326 e. The van der Waals surface area contributed by atoms with Crippen molar-refractivity contribution in [1.29, 1.82) is 0 Å². The molecule has 114 valence electrons. The van der Waals surface area contributed by atoms with E-state index in [1.807, 2.05) is 0 Å². The molecule has 1 aromatic rings. The molecule has 0 aliphatic carbocycles. The summed E-state index contributed by atoms with van der Waals surface area (Å²) >= 11 is 0. The summed E-state index contributed by atoms with van der Waals surface area (Å²) in [7, 11) is 0. The predicted molar refractivity (Wildman–Crippen MR) is 71.9 cm³/mol. The summed E-state index contributed by atoms with van der Waals surface area (Å²) in [6, 6.07) is 1.73. The molecule has 2 amide bonds. The number of carboxylic acids is 1. The Morgan fingerprint density at radius 1 is 1.38 bits per heavy atom. The van der Waals surface area contributed by atoms with Gasteiger partial charge in [-0.15, -0.1) is 0 Å². The van der Waals surface area contributed by atoms with E-state index in [-0.39, 0.29) is 18.2 Å². The minimum atomic E-state index is -1.16. The number of hydrogen-bond donors (Lipinski definition) is 2. The lowest BCUT2D eigenvalue weighted by molar-refractivity contribution is -0.145. The van der Waals surface area contributed by atoms with Crippen LogP contribution in [-0.2, 0) is 4.79 Å². The molecule has 1 saturated heterocycles. The number of halogens is 2. The second kappa shape index (κ2) is 6.07. The van der Waals surface area contributed by atoms with E-state index in [1.165, 1.54) is 12.1 Å². The molecule has 0 radical (unpaired) electrons. The average molecular weight is 298 g/mol. The summed E-state index contributed by atoms with van der Waals surface area (Å²) in [6.07, 6.45) is 1.37. The number of anilines is 1. The highest BCUT2D eigenvalue weighted by Gasteiger charge is 2.37. The van der Waals surface area contributed by atoms with E-state index >= 15 is 0 Å². The number of urea groups is 1. The fourth-order valence-corrected chi connectivity index (χ4v) is 2.58. The molecule has 2 atom stereocenters. The molecule has 1 fully saturated rings. The smallest absolute Gasteiger partial charge is 0.326 e. The van der Waals surface area contributed by atoms with Crippen molar-refractivity contribution in [2.75, 3.05) is 11.9 Å². The lowest BCUT2D eigenvalue weighted by atomic mass is 9.91. The van der Waals surface area contributed by atoms with E-state index in [0.717, 1.165) is 11.0 Å². The van der Waals surface area contributed by atoms with Gasteiger partial charge in [0.2, 0.25) is 0 Å². The van der Waals surface area contributed by atoms with Crippen LogP contribution in [0.15, 0.2) is 18.2 Å². The largest absolute Gasteiger partial charge is 0.480 e. The zero-order chi connectivity index (χ0) is 15.6. The topological polar surface area (TPSA) is 69.6 Å². The van der Waals surface area contributed by atoms with E-state index in [0.29, 0.717) is 12.8 Å². The quantitative estimate of drug-likeness (QED) is 0.882. The predicted octanol–water partition coefficient (Wildman–Crippen LogP) is 2.68. The molecule has 7 heteroatoms. The van der Waals surface area contributed by atoms with Crippen molar-refractivity contribution >= 4 is 17.7 Å². The van der Waals surface area contributed by atoms with Gasteiger partial charge in [-0.2, -0.15) is 0 Å². The zero-order valence-electron chi connectivity index (χ0n) is 11.5. The Labute approximate surface area is 120 Å². The van der Waals surface area contributed by atoms with Gasteiger partial charge in [0.25, 0.3) is 0 Å². The number of nitrogens with one attached hydrogen (secondary N) is 1. The number of aliphatic carboxylic acids is 1. The minimum Gasteiger partial charge on any atom is -0.480 e. The Morgan fingerprint density at radius 2 is 2.10 bits per heavy atom. The summed E-state index contributed by atoms with van der Waals surface area (Å²) < 4.78 is 26.6. The number of carbonyl (C=O) groups is 2. The number of hydrogen-bond acceptors (Lipinski definition) is 2. The van der Waals surface area contributed by atoms with Crippen molar-refractivity contribution in [3.63, 3.8) is 0 Å². The molecule has 0 spiro atoms. The van der Waals surface area contributed by atoms with Gasteiger partial charge in [-0.05, 0) is 30.9 Å². The Morgan fingerprint density at radius 3 is 2.76 bits per heavy atom. The maximum absolute atomic E-state index is 13.5. The Kier molecular flexibility index (Phi) is 4.40. The van der Waals surface area contributed by atoms with Crippen LogP contribution in [0.1, 0.15) is 19.8 Å². The minimum absolute atomic E-state index is 0.195. The van der Waals surface area contributed by atoms with E-state index in [9.17, 15) is 23.5 Å². The third kappa shape index (κ3) is 3.12. The fraction of sp³-hybridized carbons (Fsp3) is 0.429. The highest BCUT2D eigenvalue weighted by Crippen LogP contribution is 2.25. The number of piperidine rings is 1. The normalized spacial score (nSPS) is 22.0. The van der Waals surface area contributed by atoms with E-state index in [2.05, 4.69) is 5.32 Å². The average Bonchev–Trinajstić information content (AvgIpc) is 2.43. The molecular weight excluding hydrogens is 282 g/mol. The second-order valence-electron chi connectivity index (χ2n) is 5.13. The van der Waals surface area contributed by atoms with Crippen LogP contribution in [0.2, 0.25) is 0 Å². The summed E-state index contributed by atoms with van der Waals surface area (Å²) in [5.41, 5.74) is -0.303. The van der Waals surface area contributed by atoms with Crippen LogP contribution >= 0.6 is 0 Å². The summed E-state index contributed by atoms with van der Waals surface area (Å²) in [6.45, 7) is 2.02. The van der Waals surface area contributed by atoms with Crippen LogP contribution in [0.5, 0.6) is 0 Å². The molecule has 21 heavy (non-hydrogen) atoms. The Hall–Kier alpha value is -2.18. The second-order valence-corrected chi connectivity index (χ2v) is 5.13. The first-order valence-corrected chi connectivity index (χ1v) is 6.66. The third-order valence-electron chi connectivity index (χ3n) is 3.64. The molecule has 0 aromatic heterocycles. The van der Waals surface area contributed by atoms with Crippen LogP contribution in [-0.4, -0.2) is 34.6 Å². The third-order valence-corrected chi connectivity index (χ3v) is 3.64. The standard InChI is InChI=1S/C14H16F2N2O3/c1-8-4-3-7-18(12(8)13(19)20)14(21)17-10-6-2-5-9(15)11(10)16/h2,5-6,8,12H,3-4,7H2,1H3,(H,17,21)(H,19,20). The number of amides is 2. The van der Waals surface area contributed by atoms with Gasteiger partial charge in [-0.1, -0.05) is 13.0 Å². The Bertz CT molecular complexity index is 565. The fourth-order valence-electron chi connectivity index (χ4n) is 2.58. The van der Waals surface area contributed by atoms with Crippen molar-refractivity contribution in [2.24, 2.45) is 5.92 Å². The molecular formula is C14H16F2N2O3. The van der Waals surface area contributed by atoms with Crippen molar-refractivity contribution in [3.05, 3.63) is 29.8 Å². The van der Waals surface area contributed by atoms with Crippen molar-refractivity contribution in [2.45, 2.75) is 25.8 Å². The lowest BCUT2D eigenvalue weighted by Crippen LogP contribution is -2.53. The zero-order valence-corrected chi connectivity index (χ0v) is 11.5. The number of benzene rings is 1. The van der Waals surface area contributed by atoms with Gasteiger partial charge in [0.1, 0.15) is 6.04 Å². The molecule has 0 bridgehead atoms. The van der Waals surface area contributed by atoms with Crippen molar-refractivity contribution in [3.8, 4) is 0 Å². The van der Waals surface area contributed by atoms with Gasteiger partial charge >= 0.3 is 12.0 Å². The van der Waals surface area contributed by atoms with Crippen LogP contribution in [0.3, 0.4) is 0 Å². The number of carbonyl (C=O) groups excluding carboxylic acids is 1. The molecule has 5 nitrogen and oxygen atoms in total. The first-order valence-electron chi connectivity index (χ1n) is 6.66. The first-order chi connectivity index (χ1) is 9.91. The van der Waals surface area contributed by atoms with Crippen molar-refractivity contribution < 1.29 is 23.5 Å². The van der Waals surface area contributed by atoms with Crippen LogP contribution in [0, 0.1) is 17.6 Å². The van der Waals surface area contributed by atoms with E-state index in [4.69, 9.17) is 0 Å². The summed E-state index contributed by atoms with van der Waals surface area (Å²) in [4.78, 5) is 24.6. The van der Waals surface area contributed by atoms with Gasteiger partial charge in [0.05, 0.1) is 5.69 Å². The van der Waals surface area contributed by atoms with E-state index in [1.54, 1.807) is 6.92 Å². The molecule has 1 aliphatic rings. The van der Waals surface area contributed by atoms with E-state index < -0.39 is 29.7 Å². The van der Waals surface area contributed by atoms with Gasteiger partial charge in [0, 0.05) is 6.54 Å². The van der Waals surface area contributed by atoms with Gasteiger partial charge in [-0.3, -0.25) is 0 Å². The van der Waals surface area contributed by atoms with Crippen LogP contribution in [0.25, 0.3) is 0 Å². The van der Waals surface area contributed by atoms with Crippen molar-refractivity contribution in [1.82, 2.24) is 4.90 Å². The first kappa shape index (κ1) is 15.2. The van der Waals surface area contributed by atoms with Crippen LogP contribution < -0.4 is 5.32 Å². The van der Waals surface area contributed by atoms with Gasteiger partial charge < -0.3 is 15.3 Å². The lowest BCUT2D eigenvalue weighted by Gasteiger charge is -2.37. The van der Waals surface area contributed by atoms with Gasteiger partial charge in [0.15, 0.2) is 11.6 Å². The molecule has 2 unspecified atom stereocenters. The summed E-state index contributed by atoms with van der Waals surface area (Å²) in [5.74, 6) is -3.53. The highest BCUT2D eigenvalue weighted by molar-refractivity contribution is 5.92. The molecule has 2 N–H and O–H groups in total. The molecule has 1 aliphatic heterocycles. The highest BCUT2D eigenvalue weighted by atomic mass is 19.2. The number of rotatable bonds is 2. The summed E-state index contributed by atoms with van der Waals surface area (Å²) in [5, 5.41) is 11.5. The molecule has 0 saturated carbocycles. The molecule has 1 heterocycles. The van der Waals surface area contributed by atoms with Crippen LogP contribution in [0.4, 0.5) is 19.3 Å². The molecule has 1 aromatic carbocycles. The maximum atomic E-state index is 13.5. The number of carboxylic acid groups (broad SMARTS) is 1. The SMILES string of the molecule is CC1CCCN(C(=O)Nc2cccc(F)c2F)C1C(=O)O. The number of likely N-dealkylation sites (tertiary alicyclic amines) is 1. The molecule has 2 rings (SSSR count). The number of nitrogens with zero attached hydrogens (tertiary/aromatic N) is 1. The Balaban J connectivity index is 2.18.